The zero-order valence-corrected chi connectivity index (χ0v) is 11.8. The van der Waals surface area contributed by atoms with E-state index in [4.69, 9.17) is 0 Å². The monoisotopic (exact) mass is 281 g/mol. The molecule has 0 radical (unpaired) electrons. The molecule has 1 fully saturated rings. The summed E-state index contributed by atoms with van der Waals surface area (Å²) >= 11 is 0. The van der Waals surface area contributed by atoms with Crippen LogP contribution in [0.5, 0.6) is 0 Å². The SMILES string of the molecule is CCNc1ncc(F)cc1C(=O)N1CCC(C)C1CO. The maximum atomic E-state index is 13.4. The van der Waals surface area contributed by atoms with Gasteiger partial charge in [0.25, 0.3) is 5.91 Å². The molecule has 2 unspecified atom stereocenters. The summed E-state index contributed by atoms with van der Waals surface area (Å²) in [6.45, 7) is 4.98. The van der Waals surface area contributed by atoms with Gasteiger partial charge in [-0.1, -0.05) is 6.92 Å². The number of amides is 1. The number of aliphatic hydroxyl groups is 1. The van der Waals surface area contributed by atoms with Crippen molar-refractivity contribution in [3.8, 4) is 0 Å². The van der Waals surface area contributed by atoms with Crippen molar-refractivity contribution in [2.45, 2.75) is 26.3 Å². The zero-order valence-electron chi connectivity index (χ0n) is 11.8. The number of anilines is 1. The molecular weight excluding hydrogens is 261 g/mol. The molecule has 0 aliphatic carbocycles. The van der Waals surface area contributed by atoms with Crippen LogP contribution in [-0.4, -0.2) is 46.6 Å². The highest BCUT2D eigenvalue weighted by Gasteiger charge is 2.35. The maximum Gasteiger partial charge on any atom is 0.258 e. The first-order valence-corrected chi connectivity index (χ1v) is 6.89. The summed E-state index contributed by atoms with van der Waals surface area (Å²) in [5.41, 5.74) is 0.222. The smallest absolute Gasteiger partial charge is 0.258 e. The van der Waals surface area contributed by atoms with Crippen LogP contribution in [0.25, 0.3) is 0 Å². The van der Waals surface area contributed by atoms with Crippen molar-refractivity contribution in [2.24, 2.45) is 5.92 Å². The molecule has 0 spiro atoms. The van der Waals surface area contributed by atoms with Gasteiger partial charge in [-0.25, -0.2) is 9.37 Å². The van der Waals surface area contributed by atoms with Crippen molar-refractivity contribution in [3.05, 3.63) is 23.6 Å². The van der Waals surface area contributed by atoms with Crippen molar-refractivity contribution >= 4 is 11.7 Å². The van der Waals surface area contributed by atoms with E-state index in [1.807, 2.05) is 13.8 Å². The largest absolute Gasteiger partial charge is 0.394 e. The minimum absolute atomic E-state index is 0.0772. The maximum absolute atomic E-state index is 13.4. The van der Waals surface area contributed by atoms with Gasteiger partial charge in [0, 0.05) is 13.1 Å². The molecule has 20 heavy (non-hydrogen) atoms. The highest BCUT2D eigenvalue weighted by molar-refractivity contribution is 5.99. The Morgan fingerprint density at radius 2 is 2.40 bits per heavy atom. The fraction of sp³-hybridized carbons (Fsp3) is 0.571. The van der Waals surface area contributed by atoms with Gasteiger partial charge in [-0.3, -0.25) is 4.79 Å². The molecule has 1 saturated heterocycles. The molecular formula is C14H20FN3O2. The topological polar surface area (TPSA) is 65.5 Å². The van der Waals surface area contributed by atoms with E-state index in [0.29, 0.717) is 18.9 Å². The number of halogens is 1. The zero-order chi connectivity index (χ0) is 14.7. The molecule has 1 amide bonds. The summed E-state index contributed by atoms with van der Waals surface area (Å²) in [6.07, 6.45) is 1.93. The lowest BCUT2D eigenvalue weighted by Crippen LogP contribution is -2.40. The van der Waals surface area contributed by atoms with Gasteiger partial charge in [-0.05, 0) is 25.3 Å². The molecule has 1 aromatic rings. The highest BCUT2D eigenvalue weighted by atomic mass is 19.1. The van der Waals surface area contributed by atoms with Crippen molar-refractivity contribution < 1.29 is 14.3 Å². The summed E-state index contributed by atoms with van der Waals surface area (Å²) < 4.78 is 13.4. The van der Waals surface area contributed by atoms with Crippen LogP contribution in [0, 0.1) is 11.7 Å². The van der Waals surface area contributed by atoms with Crippen molar-refractivity contribution in [3.63, 3.8) is 0 Å². The first kappa shape index (κ1) is 14.7. The summed E-state index contributed by atoms with van der Waals surface area (Å²) in [4.78, 5) is 18.1. The fourth-order valence-electron chi connectivity index (χ4n) is 2.60. The van der Waals surface area contributed by atoms with Crippen molar-refractivity contribution in [2.75, 3.05) is 25.0 Å². The molecule has 2 N–H and O–H groups in total. The van der Waals surface area contributed by atoms with E-state index in [2.05, 4.69) is 10.3 Å². The predicted molar refractivity (Wildman–Crippen MR) is 74.1 cm³/mol. The van der Waals surface area contributed by atoms with Crippen LogP contribution in [-0.2, 0) is 0 Å². The number of aromatic nitrogens is 1. The molecule has 0 aromatic carbocycles. The van der Waals surface area contributed by atoms with Crippen molar-refractivity contribution in [1.82, 2.24) is 9.88 Å². The van der Waals surface area contributed by atoms with Crippen LogP contribution < -0.4 is 5.32 Å². The van der Waals surface area contributed by atoms with Crippen LogP contribution in [0.3, 0.4) is 0 Å². The number of carbonyl (C=O) groups is 1. The number of rotatable bonds is 4. The van der Waals surface area contributed by atoms with E-state index in [1.165, 1.54) is 6.07 Å². The lowest BCUT2D eigenvalue weighted by molar-refractivity contribution is 0.0648. The molecule has 5 nitrogen and oxygen atoms in total. The van der Waals surface area contributed by atoms with Crippen LogP contribution in [0.1, 0.15) is 30.6 Å². The molecule has 1 aliphatic rings. The number of hydrogen-bond acceptors (Lipinski definition) is 4. The predicted octanol–water partition coefficient (Wildman–Crippen LogP) is 1.50. The Hall–Kier alpha value is -1.69. The van der Waals surface area contributed by atoms with Gasteiger partial charge >= 0.3 is 0 Å². The van der Waals surface area contributed by atoms with Crippen LogP contribution in [0.15, 0.2) is 12.3 Å². The van der Waals surface area contributed by atoms with Crippen LogP contribution >= 0.6 is 0 Å². The van der Waals surface area contributed by atoms with E-state index in [9.17, 15) is 14.3 Å². The Kier molecular flexibility index (Phi) is 4.54. The lowest BCUT2D eigenvalue weighted by Gasteiger charge is -2.26. The Bertz CT molecular complexity index is 495. The Balaban J connectivity index is 2.30. The quantitative estimate of drug-likeness (QED) is 0.877. The molecule has 1 aromatic heterocycles. The first-order chi connectivity index (χ1) is 9.58. The van der Waals surface area contributed by atoms with Gasteiger partial charge in [0.1, 0.15) is 11.6 Å². The minimum atomic E-state index is -0.539. The summed E-state index contributed by atoms with van der Waals surface area (Å²) in [5.74, 6) is -0.192. The molecule has 2 atom stereocenters. The molecule has 2 rings (SSSR count). The third-order valence-electron chi connectivity index (χ3n) is 3.76. The number of aliphatic hydroxyl groups excluding tert-OH is 1. The number of carbonyl (C=O) groups excluding carboxylic acids is 1. The number of nitrogens with zero attached hydrogens (tertiary/aromatic N) is 2. The average molecular weight is 281 g/mol. The average Bonchev–Trinajstić information content (AvgIpc) is 2.81. The van der Waals surface area contributed by atoms with Gasteiger partial charge in [0.2, 0.25) is 0 Å². The summed E-state index contributed by atoms with van der Waals surface area (Å²) in [7, 11) is 0. The van der Waals surface area contributed by atoms with E-state index < -0.39 is 5.82 Å². The van der Waals surface area contributed by atoms with Gasteiger partial charge < -0.3 is 15.3 Å². The second-order valence-electron chi connectivity index (χ2n) is 5.09. The number of nitrogens with one attached hydrogen (secondary N) is 1. The lowest BCUT2D eigenvalue weighted by atomic mass is 10.0. The minimum Gasteiger partial charge on any atom is -0.394 e. The van der Waals surface area contributed by atoms with E-state index in [0.717, 1.165) is 12.6 Å². The summed E-state index contributed by atoms with van der Waals surface area (Å²) in [5, 5.41) is 12.4. The highest BCUT2D eigenvalue weighted by Crippen LogP contribution is 2.27. The van der Waals surface area contributed by atoms with E-state index in [-0.39, 0.29) is 30.0 Å². The third kappa shape index (κ3) is 2.75. The number of hydrogen-bond donors (Lipinski definition) is 2. The van der Waals surface area contributed by atoms with Gasteiger partial charge in [0.05, 0.1) is 24.4 Å². The Morgan fingerprint density at radius 1 is 1.65 bits per heavy atom. The second kappa shape index (κ2) is 6.17. The molecule has 1 aliphatic heterocycles. The molecule has 6 heteroatoms. The van der Waals surface area contributed by atoms with E-state index in [1.54, 1.807) is 4.90 Å². The van der Waals surface area contributed by atoms with Crippen molar-refractivity contribution in [1.29, 1.82) is 0 Å². The van der Waals surface area contributed by atoms with Crippen LogP contribution in [0.4, 0.5) is 10.2 Å². The molecule has 110 valence electrons. The van der Waals surface area contributed by atoms with Gasteiger partial charge in [0.15, 0.2) is 0 Å². The van der Waals surface area contributed by atoms with Crippen LogP contribution in [0.2, 0.25) is 0 Å². The van der Waals surface area contributed by atoms with Gasteiger partial charge in [-0.2, -0.15) is 0 Å². The Morgan fingerprint density at radius 3 is 3.05 bits per heavy atom. The standard InChI is InChI=1S/C14H20FN3O2/c1-3-16-13-11(6-10(15)7-17-13)14(20)18-5-4-9(2)12(18)8-19/h6-7,9,12,19H,3-5,8H2,1-2H3,(H,16,17). The van der Waals surface area contributed by atoms with Gasteiger partial charge in [-0.15, -0.1) is 0 Å². The fourth-order valence-corrected chi connectivity index (χ4v) is 2.60. The summed E-state index contributed by atoms with van der Waals surface area (Å²) in [6, 6.07) is 0.991. The molecule has 2 heterocycles. The second-order valence-corrected chi connectivity index (χ2v) is 5.09. The first-order valence-electron chi connectivity index (χ1n) is 6.89. The Labute approximate surface area is 117 Å². The number of pyridine rings is 1. The molecule has 0 bridgehead atoms. The van der Waals surface area contributed by atoms with E-state index >= 15 is 0 Å². The number of likely N-dealkylation sites (tertiary alicyclic amines) is 1. The normalized spacial score (nSPS) is 22.1. The third-order valence-corrected chi connectivity index (χ3v) is 3.76. The molecule has 0 saturated carbocycles.